The summed E-state index contributed by atoms with van der Waals surface area (Å²) in [5.74, 6) is -3.02. The average Bonchev–Trinajstić information content (AvgIpc) is 2.63. The van der Waals surface area contributed by atoms with E-state index in [4.69, 9.17) is 4.74 Å². The molecule has 0 aromatic carbocycles. The molecule has 0 unspecified atom stereocenters. The third kappa shape index (κ3) is 4.12. The minimum atomic E-state index is -2.58. The van der Waals surface area contributed by atoms with E-state index in [-0.39, 0.29) is 12.8 Å². The molecular weight excluding hydrogens is 356 g/mol. The summed E-state index contributed by atoms with van der Waals surface area (Å²) < 4.78 is 32.2. The van der Waals surface area contributed by atoms with Gasteiger partial charge in [-0.3, -0.25) is 4.98 Å². The van der Waals surface area contributed by atoms with Crippen molar-refractivity contribution in [3.05, 3.63) is 39.1 Å². The van der Waals surface area contributed by atoms with Gasteiger partial charge in [0.2, 0.25) is 5.92 Å². The van der Waals surface area contributed by atoms with Gasteiger partial charge in [-0.15, -0.1) is 0 Å². The Kier molecular flexibility index (Phi) is 5.32. The maximum atomic E-state index is 13.4. The van der Waals surface area contributed by atoms with Crippen molar-refractivity contribution in [1.29, 1.82) is 0 Å². The molecular formula is C16H18BrF2NO2. The molecule has 0 saturated carbocycles. The van der Waals surface area contributed by atoms with Crippen molar-refractivity contribution in [1.82, 2.24) is 4.98 Å². The Morgan fingerprint density at radius 1 is 1.45 bits per heavy atom. The van der Waals surface area contributed by atoms with E-state index in [0.29, 0.717) is 35.0 Å². The zero-order chi connectivity index (χ0) is 16.3. The molecule has 0 N–H and O–H groups in total. The van der Waals surface area contributed by atoms with Crippen LogP contribution in [0.2, 0.25) is 0 Å². The molecule has 0 saturated heterocycles. The number of rotatable bonds is 3. The average molecular weight is 374 g/mol. The smallest absolute Gasteiger partial charge is 0.339 e. The molecule has 2 rings (SSSR count). The number of ether oxygens (including phenoxy) is 1. The van der Waals surface area contributed by atoms with Gasteiger partial charge in [-0.1, -0.05) is 11.6 Å². The van der Waals surface area contributed by atoms with Crippen molar-refractivity contribution in [2.24, 2.45) is 0 Å². The molecule has 0 spiro atoms. The summed E-state index contributed by atoms with van der Waals surface area (Å²) in [4.78, 5) is 16.1. The summed E-state index contributed by atoms with van der Waals surface area (Å²) in [7, 11) is 1.32. The lowest BCUT2D eigenvalue weighted by atomic mass is 10.0. The maximum Gasteiger partial charge on any atom is 0.339 e. The number of methoxy groups -OCH3 is 1. The first-order chi connectivity index (χ1) is 10.3. The van der Waals surface area contributed by atoms with Crippen LogP contribution in [0.25, 0.3) is 0 Å². The summed E-state index contributed by atoms with van der Waals surface area (Å²) >= 11 is 3.40. The Morgan fingerprint density at radius 2 is 2.18 bits per heavy atom. The second kappa shape index (κ2) is 6.86. The number of nitrogens with zero attached hydrogens (tertiary/aromatic N) is 1. The van der Waals surface area contributed by atoms with Crippen LogP contribution in [-0.4, -0.2) is 24.0 Å². The quantitative estimate of drug-likeness (QED) is 0.573. The summed E-state index contributed by atoms with van der Waals surface area (Å²) in [5, 5.41) is 0. The predicted octanol–water partition coefficient (Wildman–Crippen LogP) is 4.62. The second-order valence-corrected chi connectivity index (χ2v) is 6.33. The standard InChI is InChI=1S/C16H18BrF2NO2/c1-10-12(15(21)22-2)9-13(17)14(20-10)8-11-4-3-6-16(18,19)7-5-11/h4,9H,3,5-8H2,1-2H3. The van der Waals surface area contributed by atoms with E-state index in [1.54, 1.807) is 13.0 Å². The van der Waals surface area contributed by atoms with Crippen molar-refractivity contribution in [3.8, 4) is 0 Å². The highest BCUT2D eigenvalue weighted by Gasteiger charge is 2.29. The Labute approximate surface area is 136 Å². The minimum absolute atomic E-state index is 0.0919. The summed E-state index contributed by atoms with van der Waals surface area (Å²) in [5.41, 5.74) is 2.70. The topological polar surface area (TPSA) is 39.2 Å². The normalized spacial score (nSPS) is 17.6. The van der Waals surface area contributed by atoms with Crippen molar-refractivity contribution in [2.75, 3.05) is 7.11 Å². The van der Waals surface area contributed by atoms with E-state index in [2.05, 4.69) is 20.9 Å². The molecule has 1 heterocycles. The Bertz CT molecular complexity index is 614. The van der Waals surface area contributed by atoms with Gasteiger partial charge in [-0.05, 0) is 41.8 Å². The highest BCUT2D eigenvalue weighted by atomic mass is 79.9. The van der Waals surface area contributed by atoms with Gasteiger partial charge in [-0.2, -0.15) is 0 Å². The first-order valence-corrected chi connectivity index (χ1v) is 7.92. The number of halogens is 3. The molecule has 1 aromatic heterocycles. The highest BCUT2D eigenvalue weighted by Crippen LogP contribution is 2.33. The van der Waals surface area contributed by atoms with Crippen molar-refractivity contribution in [2.45, 2.75) is 45.0 Å². The number of allylic oxidation sites excluding steroid dienone is 2. The first kappa shape index (κ1) is 17.1. The van der Waals surface area contributed by atoms with E-state index >= 15 is 0 Å². The predicted molar refractivity (Wildman–Crippen MR) is 83.2 cm³/mol. The van der Waals surface area contributed by atoms with Crippen LogP contribution in [0.3, 0.4) is 0 Å². The molecule has 1 aliphatic rings. The van der Waals surface area contributed by atoms with Crippen molar-refractivity contribution in [3.63, 3.8) is 0 Å². The molecule has 1 aromatic rings. The lowest BCUT2D eigenvalue weighted by Gasteiger charge is -2.13. The summed E-state index contributed by atoms with van der Waals surface area (Å²) in [6.07, 6.45) is 2.96. The fraction of sp³-hybridized carbons (Fsp3) is 0.500. The lowest BCUT2D eigenvalue weighted by molar-refractivity contribution is -0.0128. The molecule has 0 bridgehead atoms. The van der Waals surface area contributed by atoms with E-state index < -0.39 is 11.9 Å². The number of aryl methyl sites for hydroxylation is 1. The number of hydrogen-bond acceptors (Lipinski definition) is 3. The van der Waals surface area contributed by atoms with Gasteiger partial charge in [0.05, 0.1) is 24.1 Å². The third-order valence-electron chi connectivity index (χ3n) is 3.79. The maximum absolute atomic E-state index is 13.4. The number of carbonyl (C=O) groups excluding carboxylic acids is 1. The van der Waals surface area contributed by atoms with Gasteiger partial charge >= 0.3 is 5.97 Å². The van der Waals surface area contributed by atoms with Gasteiger partial charge in [-0.25, -0.2) is 13.6 Å². The first-order valence-electron chi connectivity index (χ1n) is 7.12. The Morgan fingerprint density at radius 3 is 2.86 bits per heavy atom. The molecule has 3 nitrogen and oxygen atoms in total. The van der Waals surface area contributed by atoms with Crippen LogP contribution in [0.4, 0.5) is 8.78 Å². The van der Waals surface area contributed by atoms with Crippen LogP contribution in [-0.2, 0) is 11.2 Å². The summed E-state index contributed by atoms with van der Waals surface area (Å²) in [6, 6.07) is 1.68. The monoisotopic (exact) mass is 373 g/mol. The van der Waals surface area contributed by atoms with Gasteiger partial charge in [0.25, 0.3) is 0 Å². The van der Waals surface area contributed by atoms with Gasteiger partial charge in [0.15, 0.2) is 0 Å². The molecule has 6 heteroatoms. The number of pyridine rings is 1. The molecule has 0 amide bonds. The number of hydrogen-bond donors (Lipinski definition) is 0. The molecule has 22 heavy (non-hydrogen) atoms. The van der Waals surface area contributed by atoms with Crippen molar-refractivity contribution >= 4 is 21.9 Å². The van der Waals surface area contributed by atoms with Crippen LogP contribution in [0.5, 0.6) is 0 Å². The molecule has 120 valence electrons. The van der Waals surface area contributed by atoms with E-state index in [0.717, 1.165) is 11.3 Å². The van der Waals surface area contributed by atoms with Crippen molar-refractivity contribution < 1.29 is 18.3 Å². The second-order valence-electron chi connectivity index (χ2n) is 5.48. The largest absolute Gasteiger partial charge is 0.465 e. The highest BCUT2D eigenvalue weighted by molar-refractivity contribution is 9.10. The molecule has 0 fully saturated rings. The number of aromatic nitrogens is 1. The van der Waals surface area contributed by atoms with Crippen LogP contribution >= 0.6 is 15.9 Å². The van der Waals surface area contributed by atoms with Crippen LogP contribution in [0.1, 0.15) is 47.4 Å². The van der Waals surface area contributed by atoms with Crippen LogP contribution < -0.4 is 0 Å². The Hall–Kier alpha value is -1.30. The van der Waals surface area contributed by atoms with Gasteiger partial charge in [0.1, 0.15) is 0 Å². The minimum Gasteiger partial charge on any atom is -0.465 e. The number of carbonyl (C=O) groups is 1. The zero-order valence-electron chi connectivity index (χ0n) is 12.6. The van der Waals surface area contributed by atoms with Crippen LogP contribution in [0.15, 0.2) is 22.2 Å². The lowest BCUT2D eigenvalue weighted by Crippen LogP contribution is -2.14. The van der Waals surface area contributed by atoms with E-state index in [9.17, 15) is 13.6 Å². The molecule has 1 aliphatic carbocycles. The summed E-state index contributed by atoms with van der Waals surface area (Å²) in [6.45, 7) is 1.73. The van der Waals surface area contributed by atoms with E-state index in [1.165, 1.54) is 7.11 Å². The van der Waals surface area contributed by atoms with Crippen LogP contribution in [0, 0.1) is 6.92 Å². The fourth-order valence-corrected chi connectivity index (χ4v) is 2.96. The van der Waals surface area contributed by atoms with E-state index in [1.807, 2.05) is 6.08 Å². The SMILES string of the molecule is COC(=O)c1cc(Br)c(CC2=CCCC(F)(F)CC2)nc1C. The number of alkyl halides is 2. The molecule has 0 atom stereocenters. The fourth-order valence-electron chi connectivity index (χ4n) is 2.50. The molecule has 0 aliphatic heterocycles. The Balaban J connectivity index is 2.18. The molecule has 0 radical (unpaired) electrons. The van der Waals surface area contributed by atoms with Gasteiger partial charge < -0.3 is 4.74 Å². The van der Waals surface area contributed by atoms with Gasteiger partial charge in [0, 0.05) is 23.7 Å². The third-order valence-corrected chi connectivity index (χ3v) is 4.48. The zero-order valence-corrected chi connectivity index (χ0v) is 14.2. The number of esters is 1.